The first kappa shape index (κ1) is 24.9. The Morgan fingerprint density at radius 2 is 2.03 bits per heavy atom. The minimum absolute atomic E-state index is 0.165. The third kappa shape index (κ3) is 4.94. The van der Waals surface area contributed by atoms with E-state index >= 15 is 0 Å². The quantitative estimate of drug-likeness (QED) is 0.287. The molecule has 0 bridgehead atoms. The second-order valence-corrected chi connectivity index (χ2v) is 11.4. The fourth-order valence-electron chi connectivity index (χ4n) is 4.39. The lowest BCUT2D eigenvalue weighted by Crippen LogP contribution is -2.17. The van der Waals surface area contributed by atoms with Gasteiger partial charge in [0, 0.05) is 27.2 Å². The van der Waals surface area contributed by atoms with Gasteiger partial charge in [0.05, 0.1) is 18.4 Å². The highest BCUT2D eigenvalue weighted by Gasteiger charge is 2.27. The Balaban J connectivity index is 1.51. The molecule has 1 aliphatic rings. The van der Waals surface area contributed by atoms with Gasteiger partial charge >= 0.3 is 5.97 Å². The van der Waals surface area contributed by atoms with Crippen molar-refractivity contribution in [2.24, 2.45) is 0 Å². The molecule has 0 saturated heterocycles. The standard InChI is InChI=1S/C24H30N4O3S3/c1-5-11-28-21(17-12-32-14(3)15(17)6-2)26-27-24(28)33-13-19(29)25-22-20(23(30)31-4)16-9-7-8-10-18(16)34-22/h12H,5-11,13H2,1-4H3,(H,25,29). The molecule has 0 unspecified atom stereocenters. The highest BCUT2D eigenvalue weighted by atomic mass is 32.2. The molecule has 10 heteroatoms. The van der Waals surface area contributed by atoms with Crippen LogP contribution in [0.5, 0.6) is 0 Å². The Labute approximate surface area is 212 Å². The predicted molar refractivity (Wildman–Crippen MR) is 139 cm³/mol. The van der Waals surface area contributed by atoms with Gasteiger partial charge in [0.1, 0.15) is 5.00 Å². The molecule has 0 aromatic carbocycles. The molecular weight excluding hydrogens is 488 g/mol. The average molecular weight is 519 g/mol. The van der Waals surface area contributed by atoms with Gasteiger partial charge in [-0.2, -0.15) is 0 Å². The van der Waals surface area contributed by atoms with Gasteiger partial charge in [0.2, 0.25) is 5.91 Å². The summed E-state index contributed by atoms with van der Waals surface area (Å²) in [7, 11) is 1.38. The zero-order chi connectivity index (χ0) is 24.2. The highest BCUT2D eigenvalue weighted by Crippen LogP contribution is 2.39. The Bertz CT molecular complexity index is 1190. The summed E-state index contributed by atoms with van der Waals surface area (Å²) in [6, 6.07) is 0. The highest BCUT2D eigenvalue weighted by molar-refractivity contribution is 7.99. The summed E-state index contributed by atoms with van der Waals surface area (Å²) in [6.07, 6.45) is 5.84. The van der Waals surface area contributed by atoms with Crippen LogP contribution < -0.4 is 5.32 Å². The van der Waals surface area contributed by atoms with Gasteiger partial charge in [-0.3, -0.25) is 4.79 Å². The fraction of sp³-hybridized carbons (Fsp3) is 0.500. The molecule has 0 spiro atoms. The van der Waals surface area contributed by atoms with E-state index in [1.807, 2.05) is 0 Å². The first-order valence-corrected chi connectivity index (χ1v) is 14.3. The normalized spacial score (nSPS) is 13.1. The lowest BCUT2D eigenvalue weighted by molar-refractivity contribution is -0.113. The van der Waals surface area contributed by atoms with E-state index in [1.54, 1.807) is 11.3 Å². The number of hydrogen-bond acceptors (Lipinski definition) is 8. The molecule has 3 heterocycles. The molecule has 0 atom stereocenters. The molecular formula is C24H30N4O3S3. The third-order valence-corrected chi connectivity index (χ3v) is 9.14. The number of methoxy groups -OCH3 is 1. The van der Waals surface area contributed by atoms with E-state index in [-0.39, 0.29) is 17.6 Å². The lowest BCUT2D eigenvalue weighted by atomic mass is 9.95. The molecule has 0 radical (unpaired) electrons. The van der Waals surface area contributed by atoms with E-state index < -0.39 is 0 Å². The first-order chi connectivity index (χ1) is 16.5. The van der Waals surface area contributed by atoms with Crippen LogP contribution in [0.4, 0.5) is 5.00 Å². The van der Waals surface area contributed by atoms with Crippen molar-refractivity contribution in [2.45, 2.75) is 71.0 Å². The summed E-state index contributed by atoms with van der Waals surface area (Å²) < 4.78 is 7.12. The van der Waals surface area contributed by atoms with Crippen LogP contribution in [-0.2, 0) is 35.3 Å². The number of fused-ring (bicyclic) bond motifs is 1. The summed E-state index contributed by atoms with van der Waals surface area (Å²) in [5.41, 5.74) is 4.00. The summed E-state index contributed by atoms with van der Waals surface area (Å²) in [5.74, 6) is 0.508. The van der Waals surface area contributed by atoms with Crippen molar-refractivity contribution < 1.29 is 14.3 Å². The zero-order valence-corrected chi connectivity index (χ0v) is 22.5. The lowest BCUT2D eigenvalue weighted by Gasteiger charge is -2.12. The van der Waals surface area contributed by atoms with E-state index in [9.17, 15) is 9.59 Å². The Kier molecular flexibility index (Phi) is 8.10. The van der Waals surface area contributed by atoms with Crippen LogP contribution in [0.15, 0.2) is 10.5 Å². The average Bonchev–Trinajstić information content (AvgIpc) is 3.51. The molecule has 34 heavy (non-hydrogen) atoms. The number of nitrogens with one attached hydrogen (secondary N) is 1. The maximum atomic E-state index is 12.9. The smallest absolute Gasteiger partial charge is 0.341 e. The third-order valence-electron chi connectivity index (χ3n) is 6.01. The number of carbonyl (C=O) groups is 2. The topological polar surface area (TPSA) is 86.1 Å². The minimum atomic E-state index is -0.382. The van der Waals surface area contributed by atoms with Crippen molar-refractivity contribution in [1.82, 2.24) is 14.8 Å². The van der Waals surface area contributed by atoms with Crippen molar-refractivity contribution in [3.63, 3.8) is 0 Å². The summed E-state index contributed by atoms with van der Waals surface area (Å²) >= 11 is 4.61. The second kappa shape index (κ2) is 11.0. The number of rotatable bonds is 9. The molecule has 1 N–H and O–H groups in total. The first-order valence-electron chi connectivity index (χ1n) is 11.6. The molecule has 1 amide bonds. The Morgan fingerprint density at radius 3 is 2.76 bits per heavy atom. The molecule has 182 valence electrons. The fourth-order valence-corrected chi connectivity index (χ4v) is 7.39. The molecule has 7 nitrogen and oxygen atoms in total. The number of thiophene rings is 2. The van der Waals surface area contributed by atoms with Crippen LogP contribution in [0.1, 0.15) is 64.3 Å². The van der Waals surface area contributed by atoms with Crippen LogP contribution >= 0.6 is 34.4 Å². The molecule has 4 rings (SSSR count). The Hall–Kier alpha value is -2.17. The van der Waals surface area contributed by atoms with E-state index in [4.69, 9.17) is 4.74 Å². The number of anilines is 1. The number of ether oxygens (including phenoxy) is 1. The predicted octanol–water partition coefficient (Wildman–Crippen LogP) is 5.75. The Morgan fingerprint density at radius 1 is 1.24 bits per heavy atom. The van der Waals surface area contributed by atoms with Crippen LogP contribution in [0.3, 0.4) is 0 Å². The van der Waals surface area contributed by atoms with Crippen molar-refractivity contribution in [2.75, 3.05) is 18.2 Å². The molecule has 1 aliphatic carbocycles. The van der Waals surface area contributed by atoms with Crippen molar-refractivity contribution in [3.05, 3.63) is 31.8 Å². The largest absolute Gasteiger partial charge is 0.465 e. The van der Waals surface area contributed by atoms with Crippen molar-refractivity contribution >= 4 is 51.3 Å². The van der Waals surface area contributed by atoms with Gasteiger partial charge in [-0.05, 0) is 56.6 Å². The number of hydrogen-bond donors (Lipinski definition) is 1. The SMILES string of the molecule is CCCn1c(SCC(=O)Nc2sc3c(c2C(=O)OC)CCCC3)nnc1-c1csc(C)c1CC. The van der Waals surface area contributed by atoms with Gasteiger partial charge in [0.25, 0.3) is 0 Å². The summed E-state index contributed by atoms with van der Waals surface area (Å²) in [5, 5.41) is 15.4. The summed E-state index contributed by atoms with van der Waals surface area (Å²) in [6.45, 7) is 7.20. The van der Waals surface area contributed by atoms with E-state index in [0.29, 0.717) is 10.6 Å². The van der Waals surface area contributed by atoms with Gasteiger partial charge in [-0.1, -0.05) is 25.6 Å². The molecule has 0 saturated carbocycles. The monoisotopic (exact) mass is 518 g/mol. The molecule has 0 fully saturated rings. The maximum absolute atomic E-state index is 12.9. The van der Waals surface area contributed by atoms with Crippen LogP contribution in [0, 0.1) is 6.92 Å². The zero-order valence-electron chi connectivity index (χ0n) is 20.0. The van der Waals surface area contributed by atoms with E-state index in [2.05, 4.69) is 46.2 Å². The number of aryl methyl sites for hydroxylation is 2. The molecule has 3 aromatic rings. The van der Waals surface area contributed by atoms with E-state index in [1.165, 1.54) is 45.5 Å². The number of carbonyl (C=O) groups excluding carboxylic acids is 2. The number of aromatic nitrogens is 3. The summed E-state index contributed by atoms with van der Waals surface area (Å²) in [4.78, 5) is 27.8. The van der Waals surface area contributed by atoms with Crippen molar-refractivity contribution in [1.29, 1.82) is 0 Å². The van der Waals surface area contributed by atoms with Crippen LogP contribution in [-0.4, -0.2) is 39.5 Å². The van der Waals surface area contributed by atoms with E-state index in [0.717, 1.165) is 67.2 Å². The molecule has 0 aliphatic heterocycles. The van der Waals surface area contributed by atoms with Gasteiger partial charge in [-0.25, -0.2) is 4.79 Å². The van der Waals surface area contributed by atoms with Crippen LogP contribution in [0.25, 0.3) is 11.4 Å². The number of nitrogens with zero attached hydrogens (tertiary/aromatic N) is 3. The second-order valence-electron chi connectivity index (χ2n) is 8.24. The number of thioether (sulfide) groups is 1. The minimum Gasteiger partial charge on any atom is -0.465 e. The number of esters is 1. The van der Waals surface area contributed by atoms with Gasteiger partial charge in [-0.15, -0.1) is 32.9 Å². The van der Waals surface area contributed by atoms with Gasteiger partial charge < -0.3 is 14.6 Å². The number of amides is 1. The van der Waals surface area contributed by atoms with Crippen LogP contribution in [0.2, 0.25) is 0 Å². The van der Waals surface area contributed by atoms with Crippen molar-refractivity contribution in [3.8, 4) is 11.4 Å². The molecule has 3 aromatic heterocycles. The maximum Gasteiger partial charge on any atom is 0.341 e. The van der Waals surface area contributed by atoms with Gasteiger partial charge in [0.15, 0.2) is 11.0 Å².